The maximum atomic E-state index is 12.5. The molecule has 3 rings (SSSR count). The fourth-order valence-electron chi connectivity index (χ4n) is 2.19. The summed E-state index contributed by atoms with van der Waals surface area (Å²) in [6.07, 6.45) is 3.97. The third-order valence-corrected chi connectivity index (χ3v) is 3.48. The van der Waals surface area contributed by atoms with Crippen LogP contribution in [0, 0.1) is 0 Å². The van der Waals surface area contributed by atoms with Gasteiger partial charge in [0.2, 0.25) is 0 Å². The van der Waals surface area contributed by atoms with E-state index in [0.29, 0.717) is 17.7 Å². The summed E-state index contributed by atoms with van der Waals surface area (Å²) in [5.41, 5.74) is 8.59. The molecule has 0 fully saturated rings. The van der Waals surface area contributed by atoms with Crippen LogP contribution in [0.4, 0.5) is 4.39 Å². The predicted molar refractivity (Wildman–Crippen MR) is 96.0 cm³/mol. The van der Waals surface area contributed by atoms with Gasteiger partial charge < -0.3 is 10.5 Å². The second-order valence-electron chi connectivity index (χ2n) is 5.05. The van der Waals surface area contributed by atoms with Gasteiger partial charge in [-0.05, 0) is 36.4 Å². The van der Waals surface area contributed by atoms with Crippen molar-refractivity contribution in [1.29, 1.82) is 0 Å². The summed E-state index contributed by atoms with van der Waals surface area (Å²) in [4.78, 5) is 8.65. The number of pyridine rings is 2. The van der Waals surface area contributed by atoms with Crippen LogP contribution in [0.5, 0.6) is 5.75 Å². The van der Waals surface area contributed by atoms with Crippen molar-refractivity contribution in [2.45, 2.75) is 0 Å². The molecule has 6 heteroatoms. The Hall–Kier alpha value is -2.50. The maximum Gasteiger partial charge on any atom is 0.120 e. The molecule has 0 aliphatic carbocycles. The number of nitrogens with zero attached hydrogens (tertiary/aromatic N) is 2. The van der Waals surface area contributed by atoms with Gasteiger partial charge in [-0.2, -0.15) is 0 Å². The van der Waals surface area contributed by atoms with Gasteiger partial charge in [0, 0.05) is 35.5 Å². The number of fused-ring (bicyclic) bond motifs is 1. The monoisotopic (exact) mass is 345 g/mol. The van der Waals surface area contributed by atoms with Gasteiger partial charge in [0.1, 0.15) is 12.4 Å². The molecule has 0 spiro atoms. The van der Waals surface area contributed by atoms with Crippen molar-refractivity contribution >= 4 is 23.3 Å². The molecule has 0 aliphatic rings. The molecule has 24 heavy (non-hydrogen) atoms. The lowest BCUT2D eigenvalue weighted by atomic mass is 10.1. The molecule has 2 aromatic heterocycles. The van der Waals surface area contributed by atoms with Crippen LogP contribution in [0.1, 0.15) is 0 Å². The number of ether oxygens (including phenoxy) is 1. The average Bonchev–Trinajstić information content (AvgIpc) is 2.63. The van der Waals surface area contributed by atoms with Crippen molar-refractivity contribution in [1.82, 2.24) is 9.97 Å². The lowest BCUT2D eigenvalue weighted by Gasteiger charge is -2.09. The van der Waals surface area contributed by atoms with Crippen molar-refractivity contribution in [2.24, 2.45) is 5.73 Å². The summed E-state index contributed by atoms with van der Waals surface area (Å²) in [5.74, 6) is 0.656. The molecule has 0 radical (unpaired) electrons. The molecular weight excluding hydrogens is 329 g/mol. The summed E-state index contributed by atoms with van der Waals surface area (Å²) >= 11 is 0. The van der Waals surface area contributed by atoms with Crippen molar-refractivity contribution < 1.29 is 9.13 Å². The van der Waals surface area contributed by atoms with E-state index < -0.39 is 0 Å². The SMILES string of the molecule is Cl.NC/C(=C/F)COc1ccc2nc(-c3ccncc3)ccc2c1. The number of hydrogen-bond acceptors (Lipinski definition) is 4. The van der Waals surface area contributed by atoms with E-state index in [1.54, 1.807) is 12.4 Å². The highest BCUT2D eigenvalue weighted by molar-refractivity contribution is 5.85. The van der Waals surface area contributed by atoms with Crippen molar-refractivity contribution in [3.63, 3.8) is 0 Å². The van der Waals surface area contributed by atoms with Crippen LogP contribution >= 0.6 is 12.4 Å². The predicted octanol–water partition coefficient (Wildman–Crippen LogP) is 3.91. The van der Waals surface area contributed by atoms with E-state index in [-0.39, 0.29) is 25.6 Å². The second kappa shape index (κ2) is 8.38. The fraction of sp³-hybridized carbons (Fsp3) is 0.111. The molecule has 0 amide bonds. The van der Waals surface area contributed by atoms with Crippen molar-refractivity contribution in [3.05, 3.63) is 66.8 Å². The Labute approximate surface area is 145 Å². The van der Waals surface area contributed by atoms with Crippen LogP contribution in [0.3, 0.4) is 0 Å². The van der Waals surface area contributed by atoms with Crippen LogP contribution in [0.25, 0.3) is 22.2 Å². The van der Waals surface area contributed by atoms with Crippen LogP contribution in [-0.4, -0.2) is 23.1 Å². The van der Waals surface area contributed by atoms with Gasteiger partial charge in [-0.25, -0.2) is 9.37 Å². The average molecular weight is 346 g/mol. The van der Waals surface area contributed by atoms with E-state index in [1.807, 2.05) is 42.5 Å². The normalized spacial score (nSPS) is 11.2. The zero-order valence-corrected chi connectivity index (χ0v) is 13.7. The van der Waals surface area contributed by atoms with Crippen molar-refractivity contribution in [2.75, 3.05) is 13.2 Å². The first kappa shape index (κ1) is 17.8. The van der Waals surface area contributed by atoms with Gasteiger partial charge in [-0.1, -0.05) is 6.07 Å². The molecule has 3 aromatic rings. The molecule has 0 atom stereocenters. The Morgan fingerprint density at radius 3 is 2.62 bits per heavy atom. The van der Waals surface area contributed by atoms with E-state index in [9.17, 15) is 4.39 Å². The number of halogens is 2. The van der Waals surface area contributed by atoms with Crippen LogP contribution in [0.15, 0.2) is 66.8 Å². The minimum absolute atomic E-state index is 0. The number of rotatable bonds is 5. The number of benzene rings is 1. The highest BCUT2D eigenvalue weighted by Gasteiger charge is 2.04. The summed E-state index contributed by atoms with van der Waals surface area (Å²) in [5, 5.41) is 0.957. The van der Waals surface area contributed by atoms with E-state index in [1.165, 1.54) is 0 Å². The number of nitrogens with two attached hydrogens (primary N) is 1. The van der Waals surface area contributed by atoms with E-state index in [0.717, 1.165) is 22.2 Å². The zero-order valence-electron chi connectivity index (χ0n) is 12.9. The fourth-order valence-corrected chi connectivity index (χ4v) is 2.19. The Kier molecular flexibility index (Phi) is 6.23. The Balaban J connectivity index is 0.00000208. The minimum Gasteiger partial charge on any atom is -0.489 e. The van der Waals surface area contributed by atoms with Gasteiger partial charge in [-0.15, -0.1) is 12.4 Å². The first-order chi connectivity index (χ1) is 11.3. The molecular formula is C18H17ClFN3O. The second-order valence-corrected chi connectivity index (χ2v) is 5.05. The molecule has 0 bridgehead atoms. The van der Waals surface area contributed by atoms with Crippen LogP contribution in [0.2, 0.25) is 0 Å². The largest absolute Gasteiger partial charge is 0.489 e. The Bertz CT molecular complexity index is 840. The Morgan fingerprint density at radius 2 is 1.92 bits per heavy atom. The lowest BCUT2D eigenvalue weighted by molar-refractivity contribution is 0.348. The third kappa shape index (κ3) is 4.07. The maximum absolute atomic E-state index is 12.5. The highest BCUT2D eigenvalue weighted by atomic mass is 35.5. The van der Waals surface area contributed by atoms with Gasteiger partial charge in [0.25, 0.3) is 0 Å². The number of aromatic nitrogens is 2. The molecule has 2 N–H and O–H groups in total. The van der Waals surface area contributed by atoms with E-state index in [2.05, 4.69) is 9.97 Å². The standard InChI is InChI=1S/C18H16FN3O.ClH/c19-10-13(11-20)12-23-16-2-4-18-15(9-16)1-3-17(22-18)14-5-7-21-8-6-14;/h1-10H,11-12,20H2;1H/b13-10-;. The lowest BCUT2D eigenvalue weighted by Crippen LogP contribution is -2.10. The van der Waals surface area contributed by atoms with Crippen LogP contribution in [-0.2, 0) is 0 Å². The summed E-state index contributed by atoms with van der Waals surface area (Å²) in [6, 6.07) is 13.4. The molecule has 0 aliphatic heterocycles. The molecule has 0 saturated carbocycles. The molecule has 1 aromatic carbocycles. The Morgan fingerprint density at radius 1 is 1.12 bits per heavy atom. The summed E-state index contributed by atoms with van der Waals surface area (Å²) in [6.45, 7) is 0.280. The van der Waals surface area contributed by atoms with Gasteiger partial charge >= 0.3 is 0 Å². The quantitative estimate of drug-likeness (QED) is 0.761. The minimum atomic E-state index is 0. The van der Waals surface area contributed by atoms with Gasteiger partial charge in [0.15, 0.2) is 0 Å². The summed E-state index contributed by atoms with van der Waals surface area (Å²) < 4.78 is 18.0. The first-order valence-electron chi connectivity index (χ1n) is 7.22. The molecule has 4 nitrogen and oxygen atoms in total. The van der Waals surface area contributed by atoms with E-state index in [4.69, 9.17) is 10.5 Å². The number of hydrogen-bond donors (Lipinski definition) is 1. The zero-order chi connectivity index (χ0) is 16.1. The first-order valence-corrected chi connectivity index (χ1v) is 7.22. The highest BCUT2D eigenvalue weighted by Crippen LogP contribution is 2.24. The third-order valence-electron chi connectivity index (χ3n) is 3.48. The molecule has 0 unspecified atom stereocenters. The molecule has 124 valence electrons. The van der Waals surface area contributed by atoms with Gasteiger partial charge in [-0.3, -0.25) is 4.98 Å². The topological polar surface area (TPSA) is 61.0 Å². The molecule has 2 heterocycles. The smallest absolute Gasteiger partial charge is 0.120 e. The van der Waals surface area contributed by atoms with Crippen LogP contribution < -0.4 is 10.5 Å². The van der Waals surface area contributed by atoms with Crippen molar-refractivity contribution in [3.8, 4) is 17.0 Å². The molecule has 0 saturated heterocycles. The van der Waals surface area contributed by atoms with Gasteiger partial charge in [0.05, 0.1) is 17.5 Å². The summed E-state index contributed by atoms with van der Waals surface area (Å²) in [7, 11) is 0. The van der Waals surface area contributed by atoms with E-state index >= 15 is 0 Å².